The van der Waals surface area contributed by atoms with Gasteiger partial charge in [0.2, 0.25) is 0 Å². The van der Waals surface area contributed by atoms with Crippen molar-refractivity contribution in [3.8, 4) is 0 Å². The normalized spacial score (nSPS) is 0. The van der Waals surface area contributed by atoms with Gasteiger partial charge in [0.1, 0.15) is 0 Å². The summed E-state index contributed by atoms with van der Waals surface area (Å²) < 4.78 is 0. The van der Waals surface area contributed by atoms with Crippen molar-refractivity contribution < 1.29 is 0 Å². The summed E-state index contributed by atoms with van der Waals surface area (Å²) in [6.07, 6.45) is 0. The second-order valence-corrected chi connectivity index (χ2v) is 0. The van der Waals surface area contributed by atoms with Crippen molar-refractivity contribution in [2.75, 3.05) is 0 Å². The molecule has 0 aliphatic rings. The summed E-state index contributed by atoms with van der Waals surface area (Å²) in [6.45, 7) is 0. The van der Waals surface area contributed by atoms with Gasteiger partial charge in [0.25, 0.3) is 0 Å². The average Bonchev–Trinajstić information content (AvgIpc) is 0. The maximum Gasteiger partial charge on any atom is 0 e. The summed E-state index contributed by atoms with van der Waals surface area (Å²) in [7, 11) is 0. The van der Waals surface area contributed by atoms with Crippen molar-refractivity contribution in [3.05, 3.63) is 7.43 Å². The maximum absolute atomic E-state index is 0. The summed E-state index contributed by atoms with van der Waals surface area (Å²) in [4.78, 5) is 0. The summed E-state index contributed by atoms with van der Waals surface area (Å²) in [5.41, 5.74) is 0. The van der Waals surface area contributed by atoms with Crippen molar-refractivity contribution in [2.24, 2.45) is 0 Å². The second-order valence-electron chi connectivity index (χ2n) is 0. The second kappa shape index (κ2) is 26.0. The first kappa shape index (κ1) is 53.5. The van der Waals surface area contributed by atoms with E-state index in [1.54, 1.807) is 0 Å². The fourth-order valence-electron chi connectivity index (χ4n) is 0. The Bertz CT molecular complexity index is 8.00. The van der Waals surface area contributed by atoms with Gasteiger partial charge >= 0.3 is 0 Å². The summed E-state index contributed by atoms with van der Waals surface area (Å²) in [6, 6.07) is 0. The SMILES string of the molecule is [C].[Ga].[Ge].[Si]. The zero-order chi connectivity index (χ0) is 0. The van der Waals surface area contributed by atoms with Crippen LogP contribution < -0.4 is 0 Å². The summed E-state index contributed by atoms with van der Waals surface area (Å²) in [5, 5.41) is 0. The van der Waals surface area contributed by atoms with Crippen LogP contribution in [-0.4, -0.2) is 48.4 Å². The Labute approximate surface area is 55.8 Å². The fraction of sp³-hybridized carbons (Fsp3) is 0. The van der Waals surface area contributed by atoms with Gasteiger partial charge in [-0.05, 0) is 0 Å². The number of hydrogen-bond donors (Lipinski definition) is 0. The van der Waals surface area contributed by atoms with Gasteiger partial charge in [-0.25, -0.2) is 0 Å². The smallest absolute Gasteiger partial charge is 0 e. The molecule has 0 atom stereocenters. The van der Waals surface area contributed by atoms with E-state index >= 15 is 0 Å². The Balaban J connectivity index is 0. The Hall–Kier alpha value is 1.40. The van der Waals surface area contributed by atoms with E-state index in [0.717, 1.165) is 0 Å². The van der Waals surface area contributed by atoms with Gasteiger partial charge in [0, 0.05) is 55.8 Å². The van der Waals surface area contributed by atoms with E-state index in [1.807, 2.05) is 0 Å². The minimum absolute atomic E-state index is 0. The van der Waals surface area contributed by atoms with Gasteiger partial charge in [-0.1, -0.05) is 0 Å². The molecule has 0 amide bonds. The van der Waals surface area contributed by atoms with Crippen LogP contribution in [0, 0.1) is 7.43 Å². The molecule has 0 aromatic rings. The molecule has 0 nitrogen and oxygen atoms in total. The fourth-order valence-corrected chi connectivity index (χ4v) is 0. The van der Waals surface area contributed by atoms with Gasteiger partial charge in [-0.2, -0.15) is 0 Å². The molecule has 0 aliphatic carbocycles. The van der Waals surface area contributed by atoms with E-state index in [0.29, 0.717) is 0 Å². The van der Waals surface area contributed by atoms with Crippen LogP contribution in [0.4, 0.5) is 0 Å². The first-order valence-corrected chi connectivity index (χ1v) is 0. The monoisotopic (exact) mass is 183 g/mol. The molecule has 0 saturated heterocycles. The molecule has 3 heteroatoms. The molecule has 0 unspecified atom stereocenters. The van der Waals surface area contributed by atoms with Crippen LogP contribution >= 0.6 is 0 Å². The van der Waals surface area contributed by atoms with E-state index in [4.69, 9.17) is 0 Å². The number of rotatable bonds is 0. The molecule has 0 spiro atoms. The average molecular weight is 182 g/mol. The van der Waals surface area contributed by atoms with Crippen molar-refractivity contribution >= 4 is 48.4 Å². The van der Waals surface area contributed by atoms with E-state index in [1.165, 1.54) is 0 Å². The van der Waals surface area contributed by atoms with Crippen LogP contribution in [0.25, 0.3) is 0 Å². The van der Waals surface area contributed by atoms with Gasteiger partial charge in [0.15, 0.2) is 0 Å². The molecule has 0 fully saturated rings. The van der Waals surface area contributed by atoms with E-state index in [2.05, 4.69) is 0 Å². The quantitative estimate of drug-likeness (QED) is 0.419. The predicted octanol–water partition coefficient (Wildman–Crippen LogP) is -1.06. The third kappa shape index (κ3) is 10.0. The van der Waals surface area contributed by atoms with E-state index < -0.39 is 0 Å². The molecule has 0 aliphatic heterocycles. The molecule has 15 radical (unpaired) electrons. The van der Waals surface area contributed by atoms with Gasteiger partial charge in [-0.15, -0.1) is 0 Å². The molecule has 0 heterocycles. The van der Waals surface area contributed by atoms with Crippen LogP contribution in [0.15, 0.2) is 0 Å². The third-order valence-corrected chi connectivity index (χ3v) is 0. The number of hydrogen-bond acceptors (Lipinski definition) is 0. The standard InChI is InChI=1S/C.Ga.Ge.Si. The van der Waals surface area contributed by atoms with Crippen molar-refractivity contribution in [1.29, 1.82) is 0 Å². The molecule has 0 aromatic heterocycles. The zero-order valence-electron chi connectivity index (χ0n) is 2.08. The molecule has 0 N–H and O–H groups in total. The Morgan fingerprint density at radius 1 is 1.00 bits per heavy atom. The first-order chi connectivity index (χ1) is 0. The van der Waals surface area contributed by atoms with Crippen molar-refractivity contribution in [1.82, 2.24) is 0 Å². The molecular weight excluding hydrogens is 182 g/mol. The molecule has 15 valence electrons. The summed E-state index contributed by atoms with van der Waals surface area (Å²) in [5.74, 6) is 0. The summed E-state index contributed by atoms with van der Waals surface area (Å²) >= 11 is 0. The maximum atomic E-state index is 0. The Morgan fingerprint density at radius 2 is 1.00 bits per heavy atom. The minimum atomic E-state index is 0. The zero-order valence-corrected chi connectivity index (χ0v) is 7.60. The molecule has 0 aromatic carbocycles. The van der Waals surface area contributed by atoms with Crippen molar-refractivity contribution in [3.63, 3.8) is 0 Å². The molecule has 0 bridgehead atoms. The van der Waals surface area contributed by atoms with Gasteiger partial charge in [0.05, 0.1) is 0 Å². The van der Waals surface area contributed by atoms with Crippen LogP contribution in [0.5, 0.6) is 0 Å². The molecular formula is CGaGeSi. The van der Waals surface area contributed by atoms with Gasteiger partial charge in [-0.3, -0.25) is 0 Å². The predicted molar refractivity (Wildman–Crippen MR) is 20.5 cm³/mol. The van der Waals surface area contributed by atoms with Crippen LogP contribution in [0.2, 0.25) is 0 Å². The first-order valence-electron chi connectivity index (χ1n) is 0. The third-order valence-electron chi connectivity index (χ3n) is 0. The van der Waals surface area contributed by atoms with Gasteiger partial charge < -0.3 is 0 Å². The molecule has 0 rings (SSSR count). The molecule has 4 heavy (non-hydrogen) atoms. The van der Waals surface area contributed by atoms with Crippen LogP contribution in [-0.2, 0) is 0 Å². The van der Waals surface area contributed by atoms with Crippen LogP contribution in [0.3, 0.4) is 0 Å². The Kier molecular flexibility index (Phi) is 348. The minimum Gasteiger partial charge on any atom is 0 e. The van der Waals surface area contributed by atoms with Crippen LogP contribution in [0.1, 0.15) is 0 Å². The van der Waals surface area contributed by atoms with Crippen molar-refractivity contribution in [2.45, 2.75) is 0 Å². The topological polar surface area (TPSA) is 0 Å². The van der Waals surface area contributed by atoms with E-state index in [-0.39, 0.29) is 55.8 Å². The molecule has 0 saturated carbocycles. The largest absolute Gasteiger partial charge is 0 e. The van der Waals surface area contributed by atoms with E-state index in [9.17, 15) is 0 Å². The Morgan fingerprint density at radius 3 is 1.00 bits per heavy atom.